The Kier molecular flexibility index (Phi) is 8.00. The van der Waals surface area contributed by atoms with E-state index in [-0.39, 0.29) is 39.7 Å². The number of hydrogen-bond acceptors (Lipinski definition) is 5. The first kappa shape index (κ1) is 28.9. The van der Waals surface area contributed by atoms with Gasteiger partial charge in [-0.1, -0.05) is 40.5 Å². The van der Waals surface area contributed by atoms with E-state index in [9.17, 15) is 22.8 Å². The molecule has 38 heavy (non-hydrogen) atoms. The molecule has 12 heteroatoms. The van der Waals surface area contributed by atoms with Crippen molar-refractivity contribution in [2.75, 3.05) is 0 Å². The molecule has 1 aliphatic carbocycles. The van der Waals surface area contributed by atoms with Crippen LogP contribution in [0.5, 0.6) is 0 Å². The number of alkyl halides is 3. The van der Waals surface area contributed by atoms with Crippen LogP contribution in [0.25, 0.3) is 0 Å². The Morgan fingerprint density at radius 3 is 2.29 bits per heavy atom. The number of amides is 2. The van der Waals surface area contributed by atoms with Crippen LogP contribution in [-0.2, 0) is 26.5 Å². The number of carbonyl (C=O) groups is 2. The minimum absolute atomic E-state index is 0.0285. The molecule has 1 atom stereocenters. The minimum Gasteiger partial charge on any atom is -0.443 e. The molecule has 204 valence electrons. The van der Waals surface area contributed by atoms with Crippen LogP contribution < -0.4 is 0 Å². The Hall–Kier alpha value is -2.05. The third-order valence-electron chi connectivity index (χ3n) is 6.04. The number of nitrogens with zero attached hydrogens (tertiary/aromatic N) is 2. The van der Waals surface area contributed by atoms with Gasteiger partial charge in [-0.15, -0.1) is 0 Å². The van der Waals surface area contributed by atoms with E-state index in [1.54, 1.807) is 39.0 Å². The number of halogens is 6. The van der Waals surface area contributed by atoms with Gasteiger partial charge in [0.1, 0.15) is 5.60 Å². The highest BCUT2D eigenvalue weighted by molar-refractivity contribution is 14.1. The molecule has 0 bridgehead atoms. The van der Waals surface area contributed by atoms with Crippen LogP contribution in [0.1, 0.15) is 56.7 Å². The number of oxime groups is 1. The first-order valence-corrected chi connectivity index (χ1v) is 13.5. The summed E-state index contributed by atoms with van der Waals surface area (Å²) in [7, 11) is 0. The molecule has 0 N–H and O–H groups in total. The van der Waals surface area contributed by atoms with E-state index in [0.29, 0.717) is 27.5 Å². The van der Waals surface area contributed by atoms with Crippen LogP contribution >= 0.6 is 45.8 Å². The van der Waals surface area contributed by atoms with Gasteiger partial charge < -0.3 is 9.57 Å². The van der Waals surface area contributed by atoms with E-state index >= 15 is 0 Å². The number of ether oxygens (including phenoxy) is 1. The molecule has 1 saturated carbocycles. The average Bonchev–Trinajstić information content (AvgIpc) is 3.52. The number of rotatable bonds is 5. The molecule has 1 fully saturated rings. The van der Waals surface area contributed by atoms with Gasteiger partial charge in [-0.05, 0) is 86.0 Å². The van der Waals surface area contributed by atoms with Crippen LogP contribution in [0, 0.1) is 9.49 Å². The summed E-state index contributed by atoms with van der Waals surface area (Å²) >= 11 is 14.0. The zero-order valence-electron chi connectivity index (χ0n) is 20.7. The van der Waals surface area contributed by atoms with E-state index in [1.807, 2.05) is 22.6 Å². The van der Waals surface area contributed by atoms with E-state index in [1.165, 1.54) is 6.07 Å². The summed E-state index contributed by atoms with van der Waals surface area (Å²) in [6, 6.07) is 8.54. The van der Waals surface area contributed by atoms with Crippen molar-refractivity contribution in [3.05, 3.63) is 66.7 Å². The molecular formula is C26H24Cl2F3IN2O4. The summed E-state index contributed by atoms with van der Waals surface area (Å²) < 4.78 is 49.0. The number of imide groups is 1. The van der Waals surface area contributed by atoms with Crippen molar-refractivity contribution in [1.29, 1.82) is 0 Å². The van der Waals surface area contributed by atoms with Gasteiger partial charge in [-0.25, -0.2) is 9.69 Å². The zero-order valence-corrected chi connectivity index (χ0v) is 24.3. The second kappa shape index (κ2) is 10.5. The smallest absolute Gasteiger partial charge is 0.435 e. The molecule has 1 unspecified atom stereocenters. The Morgan fingerprint density at radius 1 is 1.13 bits per heavy atom. The van der Waals surface area contributed by atoms with Crippen LogP contribution in [0.3, 0.4) is 0 Å². The molecule has 2 aliphatic rings. The van der Waals surface area contributed by atoms with Crippen LogP contribution in [0.4, 0.5) is 18.0 Å². The lowest BCUT2D eigenvalue weighted by Gasteiger charge is -2.29. The Bertz CT molecular complexity index is 1290. The van der Waals surface area contributed by atoms with Gasteiger partial charge in [0.2, 0.25) is 5.91 Å². The highest BCUT2D eigenvalue weighted by atomic mass is 127. The normalized spacial score (nSPS) is 19.6. The standard InChI is InChI=1S/C26H24Cl2F3IN2O4/c1-24(2,3)37-23(36)34(22(35)14-4-5-14)13-16-7-6-15(8-20(16)32)21-12-25(38-33-21,26(29,30)31)17-9-18(27)11-19(28)10-17/h6-11,14H,4-5,12-13H2,1-3H3. The maximum absolute atomic E-state index is 14.3. The topological polar surface area (TPSA) is 68.2 Å². The summed E-state index contributed by atoms with van der Waals surface area (Å²) in [6.45, 7) is 5.11. The van der Waals surface area contributed by atoms with Crippen molar-refractivity contribution in [1.82, 2.24) is 4.90 Å². The summed E-state index contributed by atoms with van der Waals surface area (Å²) in [5, 5.41) is 3.88. The molecule has 0 radical (unpaired) electrons. The minimum atomic E-state index is -4.81. The molecule has 0 saturated heterocycles. The molecule has 1 heterocycles. The monoisotopic (exact) mass is 682 g/mol. The molecule has 0 aromatic heterocycles. The Morgan fingerprint density at radius 2 is 1.76 bits per heavy atom. The predicted molar refractivity (Wildman–Crippen MR) is 145 cm³/mol. The number of hydrogen-bond donors (Lipinski definition) is 0. The molecule has 6 nitrogen and oxygen atoms in total. The van der Waals surface area contributed by atoms with Crippen molar-refractivity contribution >= 4 is 63.5 Å². The second-order valence-corrected chi connectivity index (χ2v) is 12.3. The lowest BCUT2D eigenvalue weighted by Crippen LogP contribution is -2.42. The van der Waals surface area contributed by atoms with Gasteiger partial charge in [0.15, 0.2) is 0 Å². The third-order valence-corrected chi connectivity index (χ3v) is 7.48. The molecule has 2 aromatic carbocycles. The van der Waals surface area contributed by atoms with E-state index < -0.39 is 29.9 Å². The molecule has 2 aromatic rings. The van der Waals surface area contributed by atoms with E-state index in [4.69, 9.17) is 32.8 Å². The van der Waals surface area contributed by atoms with Crippen molar-refractivity contribution in [3.63, 3.8) is 0 Å². The Labute approximate surface area is 241 Å². The maximum atomic E-state index is 14.3. The van der Waals surface area contributed by atoms with Gasteiger partial charge in [-0.3, -0.25) is 4.79 Å². The fourth-order valence-electron chi connectivity index (χ4n) is 3.97. The second-order valence-electron chi connectivity index (χ2n) is 10.3. The fraction of sp³-hybridized carbons (Fsp3) is 0.423. The van der Waals surface area contributed by atoms with Crippen molar-refractivity contribution < 1.29 is 32.3 Å². The van der Waals surface area contributed by atoms with Gasteiger partial charge in [0.05, 0.1) is 12.3 Å². The molecule has 0 spiro atoms. The van der Waals surface area contributed by atoms with Crippen molar-refractivity contribution in [2.45, 2.75) is 64.0 Å². The highest BCUT2D eigenvalue weighted by Crippen LogP contribution is 2.49. The fourth-order valence-corrected chi connectivity index (χ4v) is 5.18. The molecule has 4 rings (SSSR count). The summed E-state index contributed by atoms with van der Waals surface area (Å²) in [5.41, 5.74) is -2.65. The van der Waals surface area contributed by atoms with Crippen LogP contribution in [0.2, 0.25) is 10.0 Å². The van der Waals surface area contributed by atoms with E-state index in [0.717, 1.165) is 17.0 Å². The number of benzene rings is 2. The zero-order chi connectivity index (χ0) is 28.0. The Balaban J connectivity index is 1.59. The van der Waals surface area contributed by atoms with Crippen molar-refractivity contribution in [3.8, 4) is 0 Å². The third kappa shape index (κ3) is 6.22. The quantitative estimate of drug-likeness (QED) is 0.301. The molecular weight excluding hydrogens is 659 g/mol. The lowest BCUT2D eigenvalue weighted by atomic mass is 9.86. The van der Waals surface area contributed by atoms with E-state index in [2.05, 4.69) is 5.16 Å². The first-order chi connectivity index (χ1) is 17.6. The predicted octanol–water partition coefficient (Wildman–Crippen LogP) is 7.85. The average molecular weight is 683 g/mol. The van der Waals surface area contributed by atoms with Gasteiger partial charge in [-0.2, -0.15) is 13.2 Å². The summed E-state index contributed by atoms with van der Waals surface area (Å²) in [4.78, 5) is 31.8. The van der Waals surface area contributed by atoms with Crippen LogP contribution in [-0.4, -0.2) is 34.4 Å². The first-order valence-electron chi connectivity index (χ1n) is 11.7. The maximum Gasteiger partial charge on any atom is 0.435 e. The molecule has 2 amide bonds. The lowest BCUT2D eigenvalue weighted by molar-refractivity contribution is -0.275. The van der Waals surface area contributed by atoms with Gasteiger partial charge >= 0.3 is 12.3 Å². The largest absolute Gasteiger partial charge is 0.443 e. The summed E-state index contributed by atoms with van der Waals surface area (Å²) in [5.74, 6) is -0.511. The summed E-state index contributed by atoms with van der Waals surface area (Å²) in [6.07, 6.45) is -4.71. The van der Waals surface area contributed by atoms with Crippen molar-refractivity contribution in [2.24, 2.45) is 11.1 Å². The number of carbonyl (C=O) groups excluding carboxylic acids is 2. The van der Waals surface area contributed by atoms with Gasteiger partial charge in [0.25, 0.3) is 5.60 Å². The van der Waals surface area contributed by atoms with Gasteiger partial charge in [0, 0.05) is 37.1 Å². The van der Waals surface area contributed by atoms with Crippen LogP contribution in [0.15, 0.2) is 41.6 Å². The SMILES string of the molecule is CC(C)(C)OC(=O)N(Cc1ccc(C2=NOC(c3cc(Cl)cc(Cl)c3)(C(F)(F)F)C2)cc1I)C(=O)C1CC1. The molecule has 1 aliphatic heterocycles. The highest BCUT2D eigenvalue weighted by Gasteiger charge is 2.62.